The highest BCUT2D eigenvalue weighted by atomic mass is 16.6. The van der Waals surface area contributed by atoms with Crippen LogP contribution in [0.15, 0.2) is 27.6 Å². The van der Waals surface area contributed by atoms with E-state index in [0.717, 1.165) is 31.2 Å². The number of epoxide rings is 1. The van der Waals surface area contributed by atoms with Crippen LogP contribution in [0.4, 0.5) is 0 Å². The van der Waals surface area contributed by atoms with E-state index in [1.54, 1.807) is 12.3 Å². The van der Waals surface area contributed by atoms with Crippen molar-refractivity contribution in [1.82, 2.24) is 0 Å². The molecule has 0 bridgehead atoms. The van der Waals surface area contributed by atoms with Gasteiger partial charge in [0.05, 0.1) is 12.4 Å². The molecule has 0 N–H and O–H groups in total. The van der Waals surface area contributed by atoms with E-state index < -0.39 is 0 Å². The van der Waals surface area contributed by atoms with E-state index in [2.05, 4.69) is 13.8 Å². The van der Waals surface area contributed by atoms with Crippen molar-refractivity contribution in [1.29, 1.82) is 0 Å². The highest BCUT2D eigenvalue weighted by Crippen LogP contribution is 2.77. The lowest BCUT2D eigenvalue weighted by Crippen LogP contribution is -2.58. The number of fused-ring (bicyclic) bond motifs is 3. The van der Waals surface area contributed by atoms with Crippen LogP contribution in [0.5, 0.6) is 0 Å². The van der Waals surface area contributed by atoms with Crippen molar-refractivity contribution in [3.63, 3.8) is 0 Å². The normalized spacial score (nSPS) is 49.9. The van der Waals surface area contributed by atoms with E-state index in [9.17, 15) is 9.59 Å². The van der Waals surface area contributed by atoms with Crippen molar-refractivity contribution in [3.8, 4) is 0 Å². The van der Waals surface area contributed by atoms with Crippen LogP contribution in [0.2, 0.25) is 0 Å². The van der Waals surface area contributed by atoms with Crippen molar-refractivity contribution in [2.75, 3.05) is 0 Å². The Morgan fingerprint density at radius 2 is 1.90 bits per heavy atom. The maximum atomic E-state index is 11.5. The Labute approximate surface area is 183 Å². The van der Waals surface area contributed by atoms with Gasteiger partial charge in [0.15, 0.2) is 0 Å². The molecule has 1 aromatic rings. The number of hydrogen-bond acceptors (Lipinski definition) is 5. The summed E-state index contributed by atoms with van der Waals surface area (Å²) in [5, 5.41) is 0. The summed E-state index contributed by atoms with van der Waals surface area (Å²) in [6.45, 7) is 6.50. The molecule has 0 radical (unpaired) electrons. The molecule has 5 nitrogen and oxygen atoms in total. The number of ether oxygens (including phenoxy) is 2. The van der Waals surface area contributed by atoms with Gasteiger partial charge in [0.1, 0.15) is 11.7 Å². The quantitative estimate of drug-likeness (QED) is 0.500. The fraction of sp³-hybridized carbons (Fsp3) is 0.769. The van der Waals surface area contributed by atoms with Crippen LogP contribution in [0.3, 0.4) is 0 Å². The van der Waals surface area contributed by atoms with E-state index >= 15 is 0 Å². The van der Waals surface area contributed by atoms with Crippen molar-refractivity contribution in [2.24, 2.45) is 28.6 Å². The lowest BCUT2D eigenvalue weighted by Gasteiger charge is -2.61. The van der Waals surface area contributed by atoms with Crippen LogP contribution in [0, 0.1) is 28.6 Å². The maximum absolute atomic E-state index is 11.5. The van der Waals surface area contributed by atoms with E-state index in [1.165, 1.54) is 32.6 Å². The molecule has 2 heterocycles. The molecule has 1 spiro atoms. The molecule has 4 saturated carbocycles. The molecular weight excluding hydrogens is 392 g/mol. The van der Waals surface area contributed by atoms with Gasteiger partial charge in [0, 0.05) is 18.4 Å². The van der Waals surface area contributed by atoms with E-state index in [4.69, 9.17) is 13.9 Å². The molecule has 5 heteroatoms. The lowest BCUT2D eigenvalue weighted by atomic mass is 9.44. The molecular formula is C26H34O5. The summed E-state index contributed by atoms with van der Waals surface area (Å²) in [7, 11) is 0. The minimum atomic E-state index is -0.276. The van der Waals surface area contributed by atoms with Crippen molar-refractivity contribution >= 4 is 5.97 Å². The molecule has 5 fully saturated rings. The SMILES string of the molecule is CC(=O)O[C@H]1CC[C@@]2(C)C(CC[C@@H]3C2CC[C@]2(C)[C@@H](c4ccc(=O)oc4)C[C@H]4O[C@]342)C1. The first kappa shape index (κ1) is 20.0. The Balaban J connectivity index is 1.28. The third kappa shape index (κ3) is 2.59. The smallest absolute Gasteiger partial charge is 0.335 e. The van der Waals surface area contributed by atoms with Gasteiger partial charge in [0.25, 0.3) is 0 Å². The maximum Gasteiger partial charge on any atom is 0.335 e. The third-order valence-electron chi connectivity index (χ3n) is 10.5. The molecule has 0 aromatic carbocycles. The lowest BCUT2D eigenvalue weighted by molar-refractivity contribution is -0.162. The molecule has 31 heavy (non-hydrogen) atoms. The minimum Gasteiger partial charge on any atom is -0.463 e. The van der Waals surface area contributed by atoms with Gasteiger partial charge in [-0.2, -0.15) is 0 Å². The minimum absolute atomic E-state index is 0.00255. The van der Waals surface area contributed by atoms with Crippen molar-refractivity contribution < 1.29 is 18.7 Å². The molecule has 1 aliphatic heterocycles. The highest BCUT2D eigenvalue weighted by Gasteiger charge is 2.80. The molecule has 1 saturated heterocycles. The first-order valence-electron chi connectivity index (χ1n) is 12.2. The predicted molar refractivity (Wildman–Crippen MR) is 114 cm³/mol. The molecule has 0 amide bonds. The number of hydrogen-bond donors (Lipinski definition) is 0. The van der Waals surface area contributed by atoms with Crippen LogP contribution in [-0.2, 0) is 14.3 Å². The van der Waals surface area contributed by atoms with Gasteiger partial charge in [0.2, 0.25) is 0 Å². The van der Waals surface area contributed by atoms with Gasteiger partial charge in [-0.25, -0.2) is 4.79 Å². The number of carbonyl (C=O) groups excluding carboxylic acids is 1. The van der Waals surface area contributed by atoms with Crippen LogP contribution in [0.1, 0.15) is 83.6 Å². The van der Waals surface area contributed by atoms with Gasteiger partial charge < -0.3 is 13.9 Å². The molecule has 168 valence electrons. The van der Waals surface area contributed by atoms with Crippen molar-refractivity contribution in [3.05, 3.63) is 34.4 Å². The summed E-state index contributed by atoms with van der Waals surface area (Å²) in [6.07, 6.45) is 11.2. The Hall–Kier alpha value is -1.62. The highest BCUT2D eigenvalue weighted by molar-refractivity contribution is 5.66. The number of esters is 1. The summed E-state index contributed by atoms with van der Waals surface area (Å²) in [6, 6.07) is 3.54. The number of carbonyl (C=O) groups is 1. The third-order valence-corrected chi connectivity index (χ3v) is 10.5. The van der Waals surface area contributed by atoms with E-state index in [1.807, 2.05) is 6.07 Å². The van der Waals surface area contributed by atoms with E-state index in [0.29, 0.717) is 35.2 Å². The Kier molecular flexibility index (Phi) is 4.17. The van der Waals surface area contributed by atoms with Crippen LogP contribution in [0.25, 0.3) is 0 Å². The van der Waals surface area contributed by atoms with Gasteiger partial charge in [-0.15, -0.1) is 0 Å². The summed E-state index contributed by atoms with van der Waals surface area (Å²) >= 11 is 0. The summed E-state index contributed by atoms with van der Waals surface area (Å²) < 4.78 is 17.5. The molecule has 2 unspecified atom stereocenters. The molecule has 9 atom stereocenters. The second-order valence-corrected chi connectivity index (χ2v) is 11.5. The Morgan fingerprint density at radius 3 is 2.65 bits per heavy atom. The Morgan fingerprint density at radius 1 is 1.06 bits per heavy atom. The fourth-order valence-electron chi connectivity index (χ4n) is 9.06. The van der Waals surface area contributed by atoms with Gasteiger partial charge in [-0.1, -0.05) is 13.8 Å². The Bertz CT molecular complexity index is 948. The summed E-state index contributed by atoms with van der Waals surface area (Å²) in [5.74, 6) is 2.21. The van der Waals surface area contributed by atoms with Gasteiger partial charge in [-0.05, 0) is 92.1 Å². The molecule has 1 aromatic heterocycles. The molecule has 6 rings (SSSR count). The topological polar surface area (TPSA) is 69.0 Å². The summed E-state index contributed by atoms with van der Waals surface area (Å²) in [4.78, 5) is 23.0. The monoisotopic (exact) mass is 426 g/mol. The van der Waals surface area contributed by atoms with Gasteiger partial charge >= 0.3 is 11.6 Å². The van der Waals surface area contributed by atoms with Crippen LogP contribution < -0.4 is 5.63 Å². The molecule has 4 aliphatic carbocycles. The van der Waals surface area contributed by atoms with Crippen LogP contribution >= 0.6 is 0 Å². The second-order valence-electron chi connectivity index (χ2n) is 11.5. The average molecular weight is 427 g/mol. The van der Waals surface area contributed by atoms with E-state index in [-0.39, 0.29) is 28.7 Å². The molecule has 5 aliphatic rings. The predicted octanol–water partition coefficient (Wildman–Crippen LogP) is 4.83. The first-order chi connectivity index (χ1) is 14.8. The zero-order valence-corrected chi connectivity index (χ0v) is 18.9. The summed E-state index contributed by atoms with van der Waals surface area (Å²) in [5.41, 5.74) is 1.32. The largest absolute Gasteiger partial charge is 0.463 e. The number of rotatable bonds is 2. The van der Waals surface area contributed by atoms with Crippen molar-refractivity contribution in [2.45, 2.75) is 95.9 Å². The standard InChI is InChI=1S/C26H34O5/c1-15(27)30-18-8-10-24(2)17(12-18)5-6-20-19(24)9-11-25(3)21(13-22-26(20,25)31-22)16-4-7-23(28)29-14-16/h4,7,14,17-22H,5-6,8-13H2,1-3H3/t17?,18-,19?,20+,21+,22+,24-,25+,26+/m0/s1. The fourth-order valence-corrected chi connectivity index (χ4v) is 9.06. The van der Waals surface area contributed by atoms with Crippen LogP contribution in [-0.4, -0.2) is 23.8 Å². The zero-order valence-electron chi connectivity index (χ0n) is 18.9. The average Bonchev–Trinajstić information content (AvgIpc) is 3.39. The van der Waals surface area contributed by atoms with Gasteiger partial charge in [-0.3, -0.25) is 4.79 Å². The first-order valence-corrected chi connectivity index (χ1v) is 12.2. The zero-order chi connectivity index (χ0) is 21.6. The second kappa shape index (κ2) is 6.46.